The first-order chi connectivity index (χ1) is 13.6. The molecule has 0 heterocycles. The van der Waals surface area contributed by atoms with Gasteiger partial charge in [-0.3, -0.25) is 10.1 Å². The van der Waals surface area contributed by atoms with Gasteiger partial charge in [0.2, 0.25) is 0 Å². The molecule has 10 heteroatoms. The van der Waals surface area contributed by atoms with Gasteiger partial charge >= 0.3 is 12.2 Å². The molecule has 29 heavy (non-hydrogen) atoms. The number of urea groups is 1. The van der Waals surface area contributed by atoms with Crippen LogP contribution in [0.5, 0.6) is 11.5 Å². The molecule has 0 fully saturated rings. The molecule has 0 aliphatic carbocycles. The second kappa shape index (κ2) is 9.26. The number of alkyl halides is 3. The zero-order valence-electron chi connectivity index (χ0n) is 15.7. The van der Waals surface area contributed by atoms with Crippen molar-refractivity contribution in [3.8, 4) is 11.5 Å². The van der Waals surface area contributed by atoms with Gasteiger partial charge in [-0.05, 0) is 43.2 Å². The van der Waals surface area contributed by atoms with Crippen LogP contribution in [-0.4, -0.2) is 17.0 Å². The summed E-state index contributed by atoms with van der Waals surface area (Å²) in [5, 5.41) is 15.7. The van der Waals surface area contributed by atoms with Crippen molar-refractivity contribution < 1.29 is 27.6 Å². The number of anilines is 1. The lowest BCUT2D eigenvalue weighted by atomic mass is 10.1. The van der Waals surface area contributed by atoms with Crippen LogP contribution in [-0.2, 0) is 6.18 Å². The highest BCUT2D eigenvalue weighted by atomic mass is 19.4. The first-order valence-corrected chi connectivity index (χ1v) is 8.85. The van der Waals surface area contributed by atoms with E-state index in [0.29, 0.717) is 12.8 Å². The third-order valence-corrected chi connectivity index (χ3v) is 4.14. The van der Waals surface area contributed by atoms with Crippen LogP contribution < -0.4 is 15.4 Å². The number of nitro benzene ring substituents is 1. The van der Waals surface area contributed by atoms with Crippen molar-refractivity contribution in [2.45, 2.75) is 38.9 Å². The average molecular weight is 411 g/mol. The topological polar surface area (TPSA) is 93.5 Å². The third kappa shape index (κ3) is 6.09. The van der Waals surface area contributed by atoms with E-state index >= 15 is 0 Å². The molecule has 0 aliphatic heterocycles. The number of nitrogens with one attached hydrogen (secondary N) is 2. The van der Waals surface area contributed by atoms with E-state index in [0.717, 1.165) is 24.3 Å². The van der Waals surface area contributed by atoms with Gasteiger partial charge in [-0.15, -0.1) is 0 Å². The minimum Gasteiger partial charge on any atom is -0.457 e. The summed E-state index contributed by atoms with van der Waals surface area (Å²) in [6.45, 7) is 3.78. The van der Waals surface area contributed by atoms with Crippen molar-refractivity contribution in [2.24, 2.45) is 0 Å². The number of rotatable bonds is 7. The maximum absolute atomic E-state index is 13.5. The Morgan fingerprint density at radius 3 is 2.28 bits per heavy atom. The molecule has 2 aromatic carbocycles. The van der Waals surface area contributed by atoms with Gasteiger partial charge in [-0.1, -0.05) is 13.8 Å². The standard InChI is InChI=1S/C19H20F3N3O4/c1-3-12(4-2)23-18(26)24-13-5-10-17(16(11-13)19(20,21)22)29-15-8-6-14(7-9-15)25(27)28/h5-12H,3-4H2,1-2H3,(H2,23,24,26). The zero-order chi connectivity index (χ0) is 21.6. The summed E-state index contributed by atoms with van der Waals surface area (Å²) in [7, 11) is 0. The fraction of sp³-hybridized carbons (Fsp3) is 0.316. The van der Waals surface area contributed by atoms with Crippen LogP contribution >= 0.6 is 0 Å². The molecule has 2 rings (SSSR count). The Hall–Kier alpha value is -3.30. The number of carbonyl (C=O) groups excluding carboxylic acids is 1. The number of ether oxygens (including phenoxy) is 1. The van der Waals surface area contributed by atoms with E-state index in [1.165, 1.54) is 18.2 Å². The number of nitrogens with zero attached hydrogens (tertiary/aromatic N) is 1. The molecule has 0 saturated carbocycles. The molecule has 156 valence electrons. The summed E-state index contributed by atoms with van der Waals surface area (Å²) in [6, 6.07) is 7.10. The molecule has 0 atom stereocenters. The van der Waals surface area contributed by atoms with Gasteiger partial charge in [0.25, 0.3) is 5.69 Å². The normalized spacial score (nSPS) is 11.2. The third-order valence-electron chi connectivity index (χ3n) is 4.14. The number of amides is 2. The van der Waals surface area contributed by atoms with Crippen molar-refractivity contribution >= 4 is 17.4 Å². The van der Waals surface area contributed by atoms with E-state index in [2.05, 4.69) is 10.6 Å². The Kier molecular flexibility index (Phi) is 7.03. The van der Waals surface area contributed by atoms with E-state index < -0.39 is 28.4 Å². The highest BCUT2D eigenvalue weighted by Crippen LogP contribution is 2.39. The molecule has 0 aliphatic rings. The first-order valence-electron chi connectivity index (χ1n) is 8.85. The van der Waals surface area contributed by atoms with Gasteiger partial charge in [0.05, 0.1) is 4.92 Å². The lowest BCUT2D eigenvalue weighted by Gasteiger charge is -2.17. The Morgan fingerprint density at radius 1 is 1.14 bits per heavy atom. The Labute approximate surface area is 165 Å². The number of hydrogen-bond donors (Lipinski definition) is 2. The minimum atomic E-state index is -4.74. The van der Waals surface area contributed by atoms with E-state index in [9.17, 15) is 28.1 Å². The van der Waals surface area contributed by atoms with Crippen molar-refractivity contribution in [1.82, 2.24) is 5.32 Å². The number of benzene rings is 2. The predicted octanol–water partition coefficient (Wildman–Crippen LogP) is 5.72. The monoisotopic (exact) mass is 411 g/mol. The van der Waals surface area contributed by atoms with E-state index in [-0.39, 0.29) is 23.2 Å². The predicted molar refractivity (Wildman–Crippen MR) is 101 cm³/mol. The second-order valence-corrected chi connectivity index (χ2v) is 6.17. The molecular weight excluding hydrogens is 391 g/mol. The number of nitro groups is 1. The maximum Gasteiger partial charge on any atom is 0.420 e. The highest BCUT2D eigenvalue weighted by molar-refractivity contribution is 5.89. The molecule has 0 radical (unpaired) electrons. The summed E-state index contributed by atoms with van der Waals surface area (Å²) in [4.78, 5) is 22.0. The van der Waals surface area contributed by atoms with Crippen molar-refractivity contribution in [3.63, 3.8) is 0 Å². The molecule has 2 N–H and O–H groups in total. The first kappa shape index (κ1) is 22.0. The summed E-state index contributed by atoms with van der Waals surface area (Å²) in [5.41, 5.74) is -1.34. The molecule has 2 amide bonds. The smallest absolute Gasteiger partial charge is 0.420 e. The van der Waals surface area contributed by atoms with Crippen LogP contribution in [0.2, 0.25) is 0 Å². The summed E-state index contributed by atoms with van der Waals surface area (Å²) < 4.78 is 45.6. The lowest BCUT2D eigenvalue weighted by Crippen LogP contribution is -2.37. The fourth-order valence-electron chi connectivity index (χ4n) is 2.53. The quantitative estimate of drug-likeness (QED) is 0.450. The van der Waals surface area contributed by atoms with Crippen LogP contribution in [0, 0.1) is 10.1 Å². The van der Waals surface area contributed by atoms with Gasteiger partial charge in [-0.25, -0.2) is 4.79 Å². The number of carbonyl (C=O) groups is 1. The van der Waals surface area contributed by atoms with Gasteiger partial charge < -0.3 is 15.4 Å². The molecule has 0 saturated heterocycles. The summed E-state index contributed by atoms with van der Waals surface area (Å²) in [5.74, 6) is -0.481. The van der Waals surface area contributed by atoms with Gasteiger partial charge in [0.15, 0.2) is 0 Å². The Bertz CT molecular complexity index is 866. The summed E-state index contributed by atoms with van der Waals surface area (Å²) >= 11 is 0. The maximum atomic E-state index is 13.5. The molecule has 0 aromatic heterocycles. The summed E-state index contributed by atoms with van der Waals surface area (Å²) in [6.07, 6.45) is -3.35. The molecular formula is C19H20F3N3O4. The largest absolute Gasteiger partial charge is 0.457 e. The van der Waals surface area contributed by atoms with Crippen LogP contribution in [0.4, 0.5) is 29.3 Å². The number of non-ortho nitro benzene ring substituents is 1. The van der Waals surface area contributed by atoms with Crippen molar-refractivity contribution in [2.75, 3.05) is 5.32 Å². The van der Waals surface area contributed by atoms with E-state index in [1.807, 2.05) is 13.8 Å². The lowest BCUT2D eigenvalue weighted by molar-refractivity contribution is -0.384. The van der Waals surface area contributed by atoms with Gasteiger partial charge in [0.1, 0.15) is 17.1 Å². The van der Waals surface area contributed by atoms with E-state index in [1.54, 1.807) is 0 Å². The molecule has 0 spiro atoms. The van der Waals surface area contributed by atoms with Crippen LogP contribution in [0.1, 0.15) is 32.3 Å². The van der Waals surface area contributed by atoms with Crippen molar-refractivity contribution in [3.05, 3.63) is 58.1 Å². The molecule has 2 aromatic rings. The van der Waals surface area contributed by atoms with Gasteiger partial charge in [0, 0.05) is 23.9 Å². The Morgan fingerprint density at radius 2 is 1.76 bits per heavy atom. The SMILES string of the molecule is CCC(CC)NC(=O)Nc1ccc(Oc2ccc([N+](=O)[O-])cc2)c(C(F)(F)F)c1. The Balaban J connectivity index is 2.23. The molecule has 0 unspecified atom stereocenters. The zero-order valence-corrected chi connectivity index (χ0v) is 15.7. The van der Waals surface area contributed by atoms with Crippen molar-refractivity contribution in [1.29, 1.82) is 0 Å². The van der Waals surface area contributed by atoms with Crippen LogP contribution in [0.15, 0.2) is 42.5 Å². The van der Waals surface area contributed by atoms with Crippen LogP contribution in [0.3, 0.4) is 0 Å². The average Bonchev–Trinajstić information content (AvgIpc) is 2.66. The number of halogens is 3. The fourth-order valence-corrected chi connectivity index (χ4v) is 2.53. The molecule has 7 nitrogen and oxygen atoms in total. The minimum absolute atomic E-state index is 0.00767. The van der Waals surface area contributed by atoms with Crippen LogP contribution in [0.25, 0.3) is 0 Å². The molecule has 0 bridgehead atoms. The van der Waals surface area contributed by atoms with Gasteiger partial charge in [-0.2, -0.15) is 13.2 Å². The number of hydrogen-bond acceptors (Lipinski definition) is 4. The highest BCUT2D eigenvalue weighted by Gasteiger charge is 2.35. The second-order valence-electron chi connectivity index (χ2n) is 6.17. The van der Waals surface area contributed by atoms with E-state index in [4.69, 9.17) is 4.74 Å².